The van der Waals surface area contributed by atoms with Crippen molar-refractivity contribution in [3.05, 3.63) is 22.5 Å². The van der Waals surface area contributed by atoms with Crippen LogP contribution >= 0.6 is 11.6 Å². The maximum absolute atomic E-state index is 12.0. The number of amides is 1. The average Bonchev–Trinajstić information content (AvgIpc) is 3.07. The van der Waals surface area contributed by atoms with Gasteiger partial charge in [-0.25, -0.2) is 17.9 Å². The van der Waals surface area contributed by atoms with E-state index >= 15 is 0 Å². The van der Waals surface area contributed by atoms with Crippen LogP contribution in [-0.2, 0) is 24.2 Å². The van der Waals surface area contributed by atoms with Gasteiger partial charge in [0.2, 0.25) is 0 Å². The third kappa shape index (κ3) is 6.23. The minimum absolute atomic E-state index is 0.0425. The molecule has 1 aromatic heterocycles. The number of esters is 1. The molecule has 2 heterocycles. The second-order valence-corrected chi connectivity index (χ2v) is 8.71. The van der Waals surface area contributed by atoms with Crippen LogP contribution in [0.25, 0.3) is 6.08 Å². The molecule has 8 nitrogen and oxygen atoms in total. The Kier molecular flexibility index (Phi) is 6.75. The van der Waals surface area contributed by atoms with Crippen molar-refractivity contribution in [1.29, 1.82) is 0 Å². The van der Waals surface area contributed by atoms with Gasteiger partial charge in [-0.2, -0.15) is 18.3 Å². The van der Waals surface area contributed by atoms with Gasteiger partial charge in [0.25, 0.3) is 5.91 Å². The van der Waals surface area contributed by atoms with E-state index < -0.39 is 47.1 Å². The van der Waals surface area contributed by atoms with Gasteiger partial charge in [0.1, 0.15) is 11.7 Å². The summed E-state index contributed by atoms with van der Waals surface area (Å²) in [5.74, 6) is -2.09. The van der Waals surface area contributed by atoms with Crippen LogP contribution in [0.2, 0.25) is 5.15 Å². The topological polar surface area (TPSA) is 107 Å². The number of sulfone groups is 1. The molecule has 0 aliphatic carbocycles. The van der Waals surface area contributed by atoms with Crippen LogP contribution < -0.4 is 5.32 Å². The standard InChI is InChI=1S/C15H17ClF3N3O5S/c1-9-11(14(16)22(21-9)10-4-5-28(25,26)7-10)2-3-13(24)27-6-12(23)20-8-15(17,18)19/h2-3,10H,4-8H2,1H3,(H,20,23)/b3-2+. The molecule has 1 aliphatic rings. The average molecular weight is 444 g/mol. The first kappa shape index (κ1) is 22.2. The van der Waals surface area contributed by atoms with Gasteiger partial charge in [-0.1, -0.05) is 11.6 Å². The van der Waals surface area contributed by atoms with Crippen LogP contribution in [0.3, 0.4) is 0 Å². The fraction of sp³-hybridized carbons (Fsp3) is 0.533. The number of halogens is 4. The molecule has 28 heavy (non-hydrogen) atoms. The van der Waals surface area contributed by atoms with Crippen molar-refractivity contribution in [2.75, 3.05) is 24.7 Å². The SMILES string of the molecule is Cc1nn(C2CCS(=O)(=O)C2)c(Cl)c1/C=C/C(=O)OCC(=O)NCC(F)(F)F. The molecule has 1 aliphatic heterocycles. The molecule has 1 unspecified atom stereocenters. The zero-order chi connectivity index (χ0) is 21.1. The quantitative estimate of drug-likeness (QED) is 0.526. The van der Waals surface area contributed by atoms with Crippen molar-refractivity contribution >= 4 is 39.4 Å². The Balaban J connectivity index is 1.95. The lowest BCUT2D eigenvalue weighted by molar-refractivity contribution is -0.148. The Morgan fingerprint density at radius 3 is 2.68 bits per heavy atom. The summed E-state index contributed by atoms with van der Waals surface area (Å²) in [4.78, 5) is 22.8. The van der Waals surface area contributed by atoms with E-state index in [1.165, 1.54) is 10.8 Å². The number of nitrogens with zero attached hydrogens (tertiary/aromatic N) is 2. The molecule has 1 atom stereocenters. The Morgan fingerprint density at radius 1 is 1.43 bits per heavy atom. The second-order valence-electron chi connectivity index (χ2n) is 6.12. The number of ether oxygens (including phenoxy) is 1. The number of carbonyl (C=O) groups excluding carboxylic acids is 2. The summed E-state index contributed by atoms with van der Waals surface area (Å²) < 4.78 is 65.1. The molecular weight excluding hydrogens is 427 g/mol. The first-order valence-electron chi connectivity index (χ1n) is 8.01. The summed E-state index contributed by atoms with van der Waals surface area (Å²) in [7, 11) is -3.14. The van der Waals surface area contributed by atoms with Gasteiger partial charge >= 0.3 is 12.1 Å². The van der Waals surface area contributed by atoms with Crippen LogP contribution in [0.5, 0.6) is 0 Å². The molecule has 1 amide bonds. The molecule has 1 N–H and O–H groups in total. The number of hydrogen-bond donors (Lipinski definition) is 1. The van der Waals surface area contributed by atoms with Crippen LogP contribution in [0, 0.1) is 6.92 Å². The van der Waals surface area contributed by atoms with Crippen molar-refractivity contribution in [2.24, 2.45) is 0 Å². The zero-order valence-corrected chi connectivity index (χ0v) is 16.2. The second kappa shape index (κ2) is 8.52. The Hall–Kier alpha value is -2.08. The van der Waals surface area contributed by atoms with E-state index in [-0.39, 0.29) is 16.7 Å². The molecular formula is C15H17ClF3N3O5S. The monoisotopic (exact) mass is 443 g/mol. The molecule has 0 aromatic carbocycles. The number of carbonyl (C=O) groups is 2. The number of alkyl halides is 3. The number of hydrogen-bond acceptors (Lipinski definition) is 6. The zero-order valence-electron chi connectivity index (χ0n) is 14.6. The van der Waals surface area contributed by atoms with Crippen molar-refractivity contribution in [1.82, 2.24) is 15.1 Å². The van der Waals surface area contributed by atoms with Gasteiger partial charge in [-0.3, -0.25) is 4.79 Å². The van der Waals surface area contributed by atoms with E-state index in [2.05, 4.69) is 9.84 Å². The fourth-order valence-corrected chi connectivity index (χ4v) is 4.59. The molecule has 156 valence electrons. The summed E-state index contributed by atoms with van der Waals surface area (Å²) in [6.45, 7) is -0.781. The van der Waals surface area contributed by atoms with Gasteiger partial charge in [0.05, 0.1) is 23.2 Å². The highest BCUT2D eigenvalue weighted by Crippen LogP contribution is 2.30. The predicted molar refractivity (Wildman–Crippen MR) is 93.3 cm³/mol. The number of rotatable bonds is 6. The van der Waals surface area contributed by atoms with E-state index in [1.807, 2.05) is 0 Å². The lowest BCUT2D eigenvalue weighted by atomic mass is 10.2. The van der Waals surface area contributed by atoms with Gasteiger partial charge in [-0.15, -0.1) is 0 Å². The van der Waals surface area contributed by atoms with E-state index in [4.69, 9.17) is 11.6 Å². The Bertz CT molecular complexity index is 895. The van der Waals surface area contributed by atoms with Crippen molar-refractivity contribution < 1.29 is 35.9 Å². The molecule has 13 heteroatoms. The van der Waals surface area contributed by atoms with Crippen molar-refractivity contribution in [3.63, 3.8) is 0 Å². The molecule has 2 rings (SSSR count). The molecule has 1 fully saturated rings. The maximum atomic E-state index is 12.0. The minimum Gasteiger partial charge on any atom is -0.452 e. The van der Waals surface area contributed by atoms with Crippen LogP contribution in [0.1, 0.15) is 23.7 Å². The Labute approximate surface area is 163 Å². The normalized spacial score (nSPS) is 19.1. The summed E-state index contributed by atoms with van der Waals surface area (Å²) in [5, 5.41) is 5.91. The number of nitrogens with one attached hydrogen (secondary N) is 1. The third-order valence-corrected chi connectivity index (χ3v) is 5.97. The first-order chi connectivity index (χ1) is 12.9. The van der Waals surface area contributed by atoms with Gasteiger partial charge in [0.15, 0.2) is 16.4 Å². The van der Waals surface area contributed by atoms with Crippen LogP contribution in [-0.4, -0.2) is 60.9 Å². The van der Waals surface area contributed by atoms with E-state index in [0.29, 0.717) is 17.7 Å². The highest BCUT2D eigenvalue weighted by atomic mass is 35.5. The molecule has 1 aromatic rings. The van der Waals surface area contributed by atoms with Crippen LogP contribution in [0.15, 0.2) is 6.08 Å². The van der Waals surface area contributed by atoms with E-state index in [0.717, 1.165) is 6.08 Å². The molecule has 0 spiro atoms. The summed E-state index contributed by atoms with van der Waals surface area (Å²) in [6, 6.07) is -0.400. The van der Waals surface area contributed by atoms with Crippen molar-refractivity contribution in [2.45, 2.75) is 25.6 Å². The summed E-state index contributed by atoms with van der Waals surface area (Å²) in [6.07, 6.45) is -1.96. The third-order valence-electron chi connectivity index (χ3n) is 3.84. The Morgan fingerprint density at radius 2 is 2.11 bits per heavy atom. The van der Waals surface area contributed by atoms with Gasteiger partial charge in [0, 0.05) is 11.6 Å². The number of aromatic nitrogens is 2. The first-order valence-corrected chi connectivity index (χ1v) is 10.2. The highest BCUT2D eigenvalue weighted by Gasteiger charge is 2.32. The smallest absolute Gasteiger partial charge is 0.405 e. The largest absolute Gasteiger partial charge is 0.452 e. The summed E-state index contributed by atoms with van der Waals surface area (Å²) in [5.41, 5.74) is 0.811. The summed E-state index contributed by atoms with van der Waals surface area (Å²) >= 11 is 6.23. The fourth-order valence-electron chi connectivity index (χ4n) is 2.52. The minimum atomic E-state index is -4.56. The molecule has 0 radical (unpaired) electrons. The lowest BCUT2D eigenvalue weighted by Gasteiger charge is -2.09. The van der Waals surface area contributed by atoms with E-state index in [9.17, 15) is 31.2 Å². The van der Waals surface area contributed by atoms with E-state index in [1.54, 1.807) is 12.2 Å². The predicted octanol–water partition coefficient (Wildman–Crippen LogP) is 1.44. The van der Waals surface area contributed by atoms with Gasteiger partial charge < -0.3 is 10.1 Å². The lowest BCUT2D eigenvalue weighted by Crippen LogP contribution is -2.36. The molecule has 0 saturated carbocycles. The highest BCUT2D eigenvalue weighted by molar-refractivity contribution is 7.91. The molecule has 1 saturated heterocycles. The van der Waals surface area contributed by atoms with Crippen LogP contribution in [0.4, 0.5) is 13.2 Å². The number of aryl methyl sites for hydroxylation is 1. The maximum Gasteiger partial charge on any atom is 0.405 e. The van der Waals surface area contributed by atoms with Crippen molar-refractivity contribution in [3.8, 4) is 0 Å². The molecule has 0 bridgehead atoms. The van der Waals surface area contributed by atoms with Gasteiger partial charge in [-0.05, 0) is 19.4 Å².